The Morgan fingerprint density at radius 1 is 1.03 bits per heavy atom. The summed E-state index contributed by atoms with van der Waals surface area (Å²) in [5, 5.41) is 3.26. The van der Waals surface area contributed by atoms with Crippen molar-refractivity contribution >= 4 is 11.8 Å². The number of rotatable bonds is 5. The normalized spacial score (nSPS) is 27.4. The van der Waals surface area contributed by atoms with Gasteiger partial charge in [-0.15, -0.1) is 0 Å². The van der Waals surface area contributed by atoms with Gasteiger partial charge in [0.15, 0.2) is 11.5 Å². The monoisotopic (exact) mass is 414 g/mol. The van der Waals surface area contributed by atoms with Crippen LogP contribution >= 0.6 is 0 Å². The first-order chi connectivity index (χ1) is 14.4. The Morgan fingerprint density at radius 3 is 2.47 bits per heavy atom. The highest BCUT2D eigenvalue weighted by molar-refractivity contribution is 5.95. The minimum absolute atomic E-state index is 0.0888. The molecule has 6 heteroatoms. The number of carbonyl (C=O) groups is 2. The van der Waals surface area contributed by atoms with E-state index in [1.54, 1.807) is 32.4 Å². The number of methoxy groups -OCH3 is 2. The fraction of sp³-hybridized carbons (Fsp3) is 0.667. The maximum absolute atomic E-state index is 13.2. The lowest BCUT2D eigenvalue weighted by Gasteiger charge is -2.33. The SMILES string of the molecule is COc1ccc(C(=O)NC2CCCC3CN(C(=O)C4(C)CCCC4)CC32)cc1OC. The molecular weight excluding hydrogens is 380 g/mol. The lowest BCUT2D eigenvalue weighted by molar-refractivity contribution is -0.140. The predicted molar refractivity (Wildman–Crippen MR) is 115 cm³/mol. The van der Waals surface area contributed by atoms with Gasteiger partial charge in [0.1, 0.15) is 0 Å². The van der Waals surface area contributed by atoms with E-state index in [2.05, 4.69) is 17.1 Å². The minimum Gasteiger partial charge on any atom is -0.493 e. The van der Waals surface area contributed by atoms with Crippen LogP contribution in [-0.2, 0) is 4.79 Å². The Hall–Kier alpha value is -2.24. The molecule has 3 aliphatic rings. The molecule has 30 heavy (non-hydrogen) atoms. The fourth-order valence-corrected chi connectivity index (χ4v) is 5.80. The van der Waals surface area contributed by atoms with Gasteiger partial charge >= 0.3 is 0 Å². The molecule has 2 saturated carbocycles. The molecule has 6 nitrogen and oxygen atoms in total. The van der Waals surface area contributed by atoms with Gasteiger partial charge in [-0.3, -0.25) is 9.59 Å². The van der Waals surface area contributed by atoms with Gasteiger partial charge < -0.3 is 19.7 Å². The molecular formula is C24H34N2O4. The minimum atomic E-state index is -0.175. The number of ether oxygens (including phenoxy) is 2. The summed E-state index contributed by atoms with van der Waals surface area (Å²) >= 11 is 0. The standard InChI is InChI=1S/C24H34N2O4/c1-24(11-4-5-12-24)23(28)26-14-17-7-6-8-19(18(17)15-26)25-22(27)16-9-10-20(29-2)21(13-16)30-3/h9-10,13,17-19H,4-8,11-12,14-15H2,1-3H3,(H,25,27). The summed E-state index contributed by atoms with van der Waals surface area (Å²) in [6, 6.07) is 5.36. The van der Waals surface area contributed by atoms with Crippen molar-refractivity contribution in [2.24, 2.45) is 17.3 Å². The molecule has 1 aromatic rings. The predicted octanol–water partition coefficient (Wildman–Crippen LogP) is 3.64. The number of carbonyl (C=O) groups excluding carboxylic acids is 2. The third-order valence-electron chi connectivity index (χ3n) is 7.57. The van der Waals surface area contributed by atoms with Gasteiger partial charge in [-0.2, -0.15) is 0 Å². The van der Waals surface area contributed by atoms with Crippen molar-refractivity contribution in [2.75, 3.05) is 27.3 Å². The molecule has 2 aliphatic carbocycles. The van der Waals surface area contributed by atoms with Gasteiger partial charge in [-0.05, 0) is 49.8 Å². The zero-order chi connectivity index (χ0) is 21.3. The smallest absolute Gasteiger partial charge is 0.251 e. The second-order valence-electron chi connectivity index (χ2n) is 9.48. The summed E-state index contributed by atoms with van der Waals surface area (Å²) in [6.45, 7) is 3.76. The molecule has 3 fully saturated rings. The highest BCUT2D eigenvalue weighted by atomic mass is 16.5. The van der Waals surface area contributed by atoms with Crippen LogP contribution < -0.4 is 14.8 Å². The van der Waals surface area contributed by atoms with Crippen LogP contribution in [0.3, 0.4) is 0 Å². The van der Waals surface area contributed by atoms with Crippen molar-refractivity contribution in [1.82, 2.24) is 10.2 Å². The lowest BCUT2D eigenvalue weighted by Crippen LogP contribution is -2.46. The van der Waals surface area contributed by atoms with E-state index in [1.807, 2.05) is 0 Å². The quantitative estimate of drug-likeness (QED) is 0.799. The van der Waals surface area contributed by atoms with E-state index in [1.165, 1.54) is 0 Å². The summed E-state index contributed by atoms with van der Waals surface area (Å²) < 4.78 is 10.6. The number of hydrogen-bond acceptors (Lipinski definition) is 4. The maximum atomic E-state index is 13.2. The Kier molecular flexibility index (Phi) is 5.94. The highest BCUT2D eigenvalue weighted by Crippen LogP contribution is 2.43. The molecule has 4 rings (SSSR count). The second-order valence-corrected chi connectivity index (χ2v) is 9.48. The molecule has 0 radical (unpaired) electrons. The average Bonchev–Trinajstić information content (AvgIpc) is 3.40. The molecule has 1 aliphatic heterocycles. The number of fused-ring (bicyclic) bond motifs is 1. The summed E-state index contributed by atoms with van der Waals surface area (Å²) in [6.07, 6.45) is 7.55. The van der Waals surface area contributed by atoms with E-state index in [-0.39, 0.29) is 17.4 Å². The van der Waals surface area contributed by atoms with Crippen LogP contribution in [0.5, 0.6) is 11.5 Å². The van der Waals surface area contributed by atoms with Crippen molar-refractivity contribution < 1.29 is 19.1 Å². The number of amides is 2. The van der Waals surface area contributed by atoms with Crippen LogP contribution in [0, 0.1) is 17.3 Å². The number of likely N-dealkylation sites (tertiary alicyclic amines) is 1. The summed E-state index contributed by atoms with van der Waals surface area (Å²) in [7, 11) is 3.15. The number of nitrogens with zero attached hydrogens (tertiary/aromatic N) is 1. The van der Waals surface area contributed by atoms with Gasteiger partial charge in [0.25, 0.3) is 5.91 Å². The van der Waals surface area contributed by atoms with Crippen molar-refractivity contribution in [2.45, 2.75) is 57.9 Å². The molecule has 1 heterocycles. The zero-order valence-corrected chi connectivity index (χ0v) is 18.4. The van der Waals surface area contributed by atoms with E-state index < -0.39 is 0 Å². The Morgan fingerprint density at radius 2 is 1.77 bits per heavy atom. The fourth-order valence-electron chi connectivity index (χ4n) is 5.80. The average molecular weight is 415 g/mol. The zero-order valence-electron chi connectivity index (χ0n) is 18.4. The second kappa shape index (κ2) is 8.48. The molecule has 164 valence electrons. The first-order valence-electron chi connectivity index (χ1n) is 11.3. The van der Waals surface area contributed by atoms with E-state index >= 15 is 0 Å². The summed E-state index contributed by atoms with van der Waals surface area (Å²) in [5.41, 5.74) is 0.394. The Balaban J connectivity index is 1.44. The van der Waals surface area contributed by atoms with Crippen LogP contribution in [0.15, 0.2) is 18.2 Å². The van der Waals surface area contributed by atoms with Crippen molar-refractivity contribution in [1.29, 1.82) is 0 Å². The third kappa shape index (κ3) is 3.88. The van der Waals surface area contributed by atoms with Gasteiger partial charge in [-0.1, -0.05) is 26.2 Å². The first kappa shape index (κ1) is 21.0. The number of nitrogens with one attached hydrogen (secondary N) is 1. The third-order valence-corrected chi connectivity index (χ3v) is 7.57. The van der Waals surface area contributed by atoms with E-state index in [4.69, 9.17) is 9.47 Å². The maximum Gasteiger partial charge on any atom is 0.251 e. The van der Waals surface area contributed by atoms with Crippen LogP contribution in [0.4, 0.5) is 0 Å². The molecule has 1 aromatic carbocycles. The molecule has 0 aromatic heterocycles. The first-order valence-corrected chi connectivity index (χ1v) is 11.3. The molecule has 0 spiro atoms. The molecule has 1 N–H and O–H groups in total. The van der Waals surface area contributed by atoms with Crippen molar-refractivity contribution in [3.05, 3.63) is 23.8 Å². The molecule has 1 saturated heterocycles. The van der Waals surface area contributed by atoms with Crippen LogP contribution in [0.25, 0.3) is 0 Å². The number of hydrogen-bond donors (Lipinski definition) is 1. The summed E-state index contributed by atoms with van der Waals surface area (Å²) in [5.74, 6) is 2.24. The van der Waals surface area contributed by atoms with Gasteiger partial charge in [0, 0.05) is 36.0 Å². The summed E-state index contributed by atoms with van der Waals surface area (Å²) in [4.78, 5) is 28.3. The van der Waals surface area contributed by atoms with E-state index in [0.717, 1.165) is 58.0 Å². The van der Waals surface area contributed by atoms with E-state index in [0.29, 0.717) is 34.8 Å². The Labute approximate surface area is 179 Å². The molecule has 0 bridgehead atoms. The number of benzene rings is 1. The highest BCUT2D eigenvalue weighted by Gasteiger charge is 2.46. The van der Waals surface area contributed by atoms with Gasteiger partial charge in [0.2, 0.25) is 5.91 Å². The molecule has 2 amide bonds. The van der Waals surface area contributed by atoms with Crippen molar-refractivity contribution in [3.63, 3.8) is 0 Å². The van der Waals surface area contributed by atoms with Crippen molar-refractivity contribution in [3.8, 4) is 11.5 Å². The van der Waals surface area contributed by atoms with E-state index in [9.17, 15) is 9.59 Å². The Bertz CT molecular complexity index is 802. The molecule has 3 unspecified atom stereocenters. The van der Waals surface area contributed by atoms with Crippen LogP contribution in [-0.4, -0.2) is 50.1 Å². The van der Waals surface area contributed by atoms with Gasteiger partial charge in [-0.25, -0.2) is 0 Å². The lowest BCUT2D eigenvalue weighted by atomic mass is 9.78. The largest absolute Gasteiger partial charge is 0.493 e. The topological polar surface area (TPSA) is 67.9 Å². The van der Waals surface area contributed by atoms with Crippen LogP contribution in [0.1, 0.15) is 62.2 Å². The molecule has 3 atom stereocenters. The van der Waals surface area contributed by atoms with Crippen LogP contribution in [0.2, 0.25) is 0 Å². The van der Waals surface area contributed by atoms with Gasteiger partial charge in [0.05, 0.1) is 14.2 Å².